The van der Waals surface area contributed by atoms with Crippen LogP contribution in [0.1, 0.15) is 11.3 Å². The van der Waals surface area contributed by atoms with Gasteiger partial charge in [0.2, 0.25) is 0 Å². The zero-order chi connectivity index (χ0) is 10.1. The molecule has 2 rings (SSSR count). The molecule has 0 spiro atoms. The molecule has 0 amide bonds. The van der Waals surface area contributed by atoms with E-state index in [1.54, 1.807) is 6.20 Å². The van der Waals surface area contributed by atoms with Crippen molar-refractivity contribution in [2.24, 2.45) is 0 Å². The number of hydrogen-bond donors (Lipinski definition) is 1. The number of nitrogens with two attached hydrogens (primary N) is 1. The smallest absolute Gasteiger partial charge is 0.0822 e. The number of nitrogen functional groups attached to an aromatic ring is 1. The maximum Gasteiger partial charge on any atom is 0.0822 e. The predicted molar refractivity (Wildman–Crippen MR) is 59.2 cm³/mol. The van der Waals surface area contributed by atoms with Crippen LogP contribution >= 0.6 is 11.5 Å². The van der Waals surface area contributed by atoms with Gasteiger partial charge in [0.1, 0.15) is 0 Å². The van der Waals surface area contributed by atoms with Crippen LogP contribution in [0.15, 0.2) is 18.3 Å². The molecule has 0 aliphatic rings. The number of rotatable bonds is 1. The van der Waals surface area contributed by atoms with Crippen LogP contribution in [0.5, 0.6) is 0 Å². The van der Waals surface area contributed by atoms with Crippen LogP contribution in [0.2, 0.25) is 0 Å². The first-order valence-electron chi connectivity index (χ1n) is 4.32. The highest BCUT2D eigenvalue weighted by atomic mass is 32.1. The van der Waals surface area contributed by atoms with Crippen molar-refractivity contribution < 1.29 is 0 Å². The number of nitrogens with zero attached hydrogens (tertiary/aromatic N) is 2. The Morgan fingerprint density at radius 2 is 2.07 bits per heavy atom. The Labute approximate surface area is 86.8 Å². The molecule has 0 saturated heterocycles. The first kappa shape index (κ1) is 9.15. The first-order chi connectivity index (χ1) is 6.66. The summed E-state index contributed by atoms with van der Waals surface area (Å²) in [6.07, 6.45) is 1.69. The Balaban J connectivity index is 2.47. The van der Waals surface area contributed by atoms with Gasteiger partial charge in [0, 0.05) is 0 Å². The summed E-state index contributed by atoms with van der Waals surface area (Å²) in [6.45, 7) is 3.96. The molecule has 2 N–H and O–H groups in total. The van der Waals surface area contributed by atoms with Crippen LogP contribution in [-0.2, 0) is 0 Å². The summed E-state index contributed by atoms with van der Waals surface area (Å²) in [5, 5.41) is 0. The third-order valence-corrected chi connectivity index (χ3v) is 2.93. The van der Waals surface area contributed by atoms with Gasteiger partial charge in [-0.25, -0.2) is 0 Å². The van der Waals surface area contributed by atoms with Crippen molar-refractivity contribution in [2.45, 2.75) is 13.8 Å². The van der Waals surface area contributed by atoms with Gasteiger partial charge in [-0.2, -0.15) is 4.37 Å². The second-order valence-corrected chi connectivity index (χ2v) is 4.06. The average Bonchev–Trinajstić information content (AvgIpc) is 2.57. The topological polar surface area (TPSA) is 51.8 Å². The monoisotopic (exact) mass is 205 g/mol. The second kappa shape index (κ2) is 3.38. The fourth-order valence-electron chi connectivity index (χ4n) is 1.19. The summed E-state index contributed by atoms with van der Waals surface area (Å²) in [5.41, 5.74) is 9.46. The fraction of sp³-hybridized carbons (Fsp3) is 0.200. The van der Waals surface area contributed by atoms with Crippen LogP contribution in [0.4, 0.5) is 5.69 Å². The van der Waals surface area contributed by atoms with Gasteiger partial charge in [-0.1, -0.05) is 0 Å². The molecule has 0 atom stereocenters. The molecular weight excluding hydrogens is 194 g/mol. The minimum Gasteiger partial charge on any atom is -0.397 e. The molecule has 0 fully saturated rings. The lowest BCUT2D eigenvalue weighted by atomic mass is 10.2. The van der Waals surface area contributed by atoms with Crippen LogP contribution < -0.4 is 5.73 Å². The molecule has 0 saturated carbocycles. The molecule has 0 radical (unpaired) electrons. The highest BCUT2D eigenvalue weighted by Crippen LogP contribution is 2.24. The van der Waals surface area contributed by atoms with Gasteiger partial charge in [-0.15, -0.1) is 0 Å². The third kappa shape index (κ3) is 1.61. The SMILES string of the molecule is Cc1cc(-c2cc(C)c(N)cn2)sn1. The first-order valence-corrected chi connectivity index (χ1v) is 5.10. The Morgan fingerprint density at radius 3 is 2.64 bits per heavy atom. The lowest BCUT2D eigenvalue weighted by Crippen LogP contribution is -1.91. The van der Waals surface area contributed by atoms with Gasteiger partial charge in [0.15, 0.2) is 0 Å². The largest absolute Gasteiger partial charge is 0.397 e. The van der Waals surface area contributed by atoms with Gasteiger partial charge in [-0.05, 0) is 43.1 Å². The highest BCUT2D eigenvalue weighted by molar-refractivity contribution is 7.09. The maximum absolute atomic E-state index is 5.70. The average molecular weight is 205 g/mol. The Bertz CT molecular complexity index is 462. The van der Waals surface area contributed by atoms with E-state index in [9.17, 15) is 0 Å². The molecule has 3 nitrogen and oxygen atoms in total. The number of anilines is 1. The molecule has 2 aromatic heterocycles. The summed E-state index contributed by atoms with van der Waals surface area (Å²) in [4.78, 5) is 5.36. The number of aromatic nitrogens is 2. The summed E-state index contributed by atoms with van der Waals surface area (Å²) < 4.78 is 4.22. The van der Waals surface area contributed by atoms with Gasteiger partial charge >= 0.3 is 0 Å². The van der Waals surface area contributed by atoms with Crippen LogP contribution in [0.3, 0.4) is 0 Å². The van der Waals surface area contributed by atoms with Crippen molar-refractivity contribution in [1.29, 1.82) is 0 Å². The summed E-state index contributed by atoms with van der Waals surface area (Å²) in [7, 11) is 0. The fourth-order valence-corrected chi connectivity index (χ4v) is 1.91. The zero-order valence-electron chi connectivity index (χ0n) is 8.11. The quantitative estimate of drug-likeness (QED) is 0.777. The lowest BCUT2D eigenvalue weighted by molar-refractivity contribution is 1.30. The normalized spacial score (nSPS) is 10.4. The van der Waals surface area contributed by atoms with Crippen LogP contribution in [0, 0.1) is 13.8 Å². The van der Waals surface area contributed by atoms with Crippen LogP contribution in [0.25, 0.3) is 10.6 Å². The summed E-state index contributed by atoms with van der Waals surface area (Å²) >= 11 is 1.46. The van der Waals surface area contributed by atoms with Gasteiger partial charge in [0.05, 0.1) is 28.1 Å². The van der Waals surface area contributed by atoms with E-state index in [0.29, 0.717) is 0 Å². The van der Waals surface area contributed by atoms with Gasteiger partial charge in [-0.3, -0.25) is 4.98 Å². The van der Waals surface area contributed by atoms with Crippen LogP contribution in [-0.4, -0.2) is 9.36 Å². The second-order valence-electron chi connectivity index (χ2n) is 3.26. The standard InChI is InChI=1S/C10H11N3S/c1-6-3-9(12-5-8(6)11)10-4-7(2)13-14-10/h3-5H,11H2,1-2H3. The van der Waals surface area contributed by atoms with E-state index in [2.05, 4.69) is 9.36 Å². The highest BCUT2D eigenvalue weighted by Gasteiger charge is 2.04. The molecule has 0 bridgehead atoms. The molecule has 4 heteroatoms. The molecule has 0 aliphatic heterocycles. The molecular formula is C10H11N3S. The van der Waals surface area contributed by atoms with E-state index in [0.717, 1.165) is 27.5 Å². The molecule has 2 aromatic rings. The van der Waals surface area contributed by atoms with Gasteiger partial charge in [0.25, 0.3) is 0 Å². The third-order valence-electron chi connectivity index (χ3n) is 2.03. The lowest BCUT2D eigenvalue weighted by Gasteiger charge is -2.00. The van der Waals surface area contributed by atoms with Crippen molar-refractivity contribution in [3.63, 3.8) is 0 Å². The number of aryl methyl sites for hydroxylation is 2. The maximum atomic E-state index is 5.70. The molecule has 0 aromatic carbocycles. The van der Waals surface area contributed by atoms with Crippen molar-refractivity contribution in [2.75, 3.05) is 5.73 Å². The minimum atomic E-state index is 0.731. The van der Waals surface area contributed by atoms with E-state index in [4.69, 9.17) is 5.73 Å². The summed E-state index contributed by atoms with van der Waals surface area (Å²) in [5.74, 6) is 0. The summed E-state index contributed by atoms with van der Waals surface area (Å²) in [6, 6.07) is 4.02. The van der Waals surface area contributed by atoms with Crippen molar-refractivity contribution >= 4 is 17.2 Å². The Morgan fingerprint density at radius 1 is 1.29 bits per heavy atom. The minimum absolute atomic E-state index is 0.731. The zero-order valence-corrected chi connectivity index (χ0v) is 8.93. The van der Waals surface area contributed by atoms with E-state index in [-0.39, 0.29) is 0 Å². The van der Waals surface area contributed by atoms with Crippen molar-refractivity contribution in [3.8, 4) is 10.6 Å². The molecule has 14 heavy (non-hydrogen) atoms. The number of pyridine rings is 1. The molecule has 0 unspecified atom stereocenters. The van der Waals surface area contributed by atoms with E-state index in [1.165, 1.54) is 11.5 Å². The Hall–Kier alpha value is -1.42. The van der Waals surface area contributed by atoms with Crippen molar-refractivity contribution in [3.05, 3.63) is 29.6 Å². The predicted octanol–water partition coefficient (Wildman–Crippen LogP) is 2.40. The Kier molecular flexibility index (Phi) is 2.21. The van der Waals surface area contributed by atoms with E-state index >= 15 is 0 Å². The van der Waals surface area contributed by atoms with E-state index < -0.39 is 0 Å². The van der Waals surface area contributed by atoms with E-state index in [1.807, 2.05) is 26.0 Å². The molecule has 72 valence electrons. The van der Waals surface area contributed by atoms with Crippen molar-refractivity contribution in [1.82, 2.24) is 9.36 Å². The molecule has 0 aliphatic carbocycles. The van der Waals surface area contributed by atoms with Gasteiger partial charge < -0.3 is 5.73 Å². The number of hydrogen-bond acceptors (Lipinski definition) is 4. The molecule has 2 heterocycles.